The lowest BCUT2D eigenvalue weighted by atomic mass is 10.2. The highest BCUT2D eigenvalue weighted by molar-refractivity contribution is 7.16. The number of ether oxygens (including phenoxy) is 2. The first kappa shape index (κ1) is 19.8. The van der Waals surface area contributed by atoms with E-state index < -0.39 is 17.7 Å². The second kappa shape index (κ2) is 8.26. The monoisotopic (exact) mass is 382 g/mol. The van der Waals surface area contributed by atoms with Crippen molar-refractivity contribution in [3.8, 4) is 0 Å². The minimum Gasteiger partial charge on any atom is -0.458 e. The normalized spacial score (nSPS) is 11.4. The molecule has 0 radical (unpaired) electrons. The van der Waals surface area contributed by atoms with Gasteiger partial charge < -0.3 is 14.8 Å². The Morgan fingerprint density at radius 3 is 2.77 bits per heavy atom. The van der Waals surface area contributed by atoms with Gasteiger partial charge in [0.15, 0.2) is 5.01 Å². The van der Waals surface area contributed by atoms with Crippen molar-refractivity contribution in [3.05, 3.63) is 27.1 Å². The molecule has 0 spiro atoms. The molecule has 142 valence electrons. The van der Waals surface area contributed by atoms with Crippen LogP contribution in [0.2, 0.25) is 0 Å². The van der Waals surface area contributed by atoms with Crippen LogP contribution in [0.5, 0.6) is 0 Å². The SMILES string of the molecule is Cc1cc(=O)n2nc(COC(=O)CCCNC(=O)OC(C)(C)C)sc2n1. The second-order valence-corrected chi connectivity index (χ2v) is 7.66. The van der Waals surface area contributed by atoms with Gasteiger partial charge in [0.2, 0.25) is 4.96 Å². The molecule has 1 N–H and O–H groups in total. The van der Waals surface area contributed by atoms with Gasteiger partial charge in [0.05, 0.1) is 0 Å². The summed E-state index contributed by atoms with van der Waals surface area (Å²) in [6.07, 6.45) is 0.0597. The molecule has 2 rings (SSSR count). The molecule has 0 saturated heterocycles. The number of rotatable bonds is 6. The lowest BCUT2D eigenvalue weighted by molar-refractivity contribution is -0.145. The third kappa shape index (κ3) is 6.10. The number of aromatic nitrogens is 3. The van der Waals surface area contributed by atoms with E-state index in [9.17, 15) is 14.4 Å². The van der Waals surface area contributed by atoms with Crippen LogP contribution >= 0.6 is 11.3 Å². The number of aryl methyl sites for hydroxylation is 1. The summed E-state index contributed by atoms with van der Waals surface area (Å²) in [4.78, 5) is 39.7. The van der Waals surface area contributed by atoms with Gasteiger partial charge >= 0.3 is 12.1 Å². The number of fused-ring (bicyclic) bond motifs is 1. The van der Waals surface area contributed by atoms with Gasteiger partial charge in [0, 0.05) is 24.7 Å². The standard InChI is InChI=1S/C16H22N4O5S/c1-10-8-12(21)20-14(18-10)26-11(19-20)9-24-13(22)6-5-7-17-15(23)25-16(2,3)4/h8H,5-7,9H2,1-4H3,(H,17,23). The van der Waals surface area contributed by atoms with Crippen LogP contribution in [0.1, 0.15) is 44.3 Å². The van der Waals surface area contributed by atoms with E-state index >= 15 is 0 Å². The van der Waals surface area contributed by atoms with Crippen LogP contribution in [0.25, 0.3) is 4.96 Å². The molecular weight excluding hydrogens is 360 g/mol. The maximum Gasteiger partial charge on any atom is 0.407 e. The molecule has 0 atom stereocenters. The van der Waals surface area contributed by atoms with Crippen molar-refractivity contribution in [2.75, 3.05) is 6.54 Å². The molecule has 0 aliphatic carbocycles. The molecule has 2 aromatic heterocycles. The van der Waals surface area contributed by atoms with Crippen LogP contribution in [0.15, 0.2) is 10.9 Å². The molecule has 0 fully saturated rings. The Bertz CT molecular complexity index is 852. The number of hydrogen-bond acceptors (Lipinski definition) is 8. The van der Waals surface area contributed by atoms with Gasteiger partial charge in [0.25, 0.3) is 5.56 Å². The zero-order valence-electron chi connectivity index (χ0n) is 15.2. The average molecular weight is 382 g/mol. The van der Waals surface area contributed by atoms with Gasteiger partial charge in [0.1, 0.15) is 12.2 Å². The Balaban J connectivity index is 1.73. The van der Waals surface area contributed by atoms with Crippen molar-refractivity contribution in [3.63, 3.8) is 0 Å². The van der Waals surface area contributed by atoms with Crippen LogP contribution in [0, 0.1) is 6.92 Å². The summed E-state index contributed by atoms with van der Waals surface area (Å²) in [5.74, 6) is -0.410. The van der Waals surface area contributed by atoms with E-state index in [0.717, 1.165) is 0 Å². The van der Waals surface area contributed by atoms with Gasteiger partial charge in [-0.2, -0.15) is 9.61 Å². The van der Waals surface area contributed by atoms with Gasteiger partial charge in [-0.3, -0.25) is 9.59 Å². The fraction of sp³-hybridized carbons (Fsp3) is 0.562. The van der Waals surface area contributed by atoms with Crippen LogP contribution in [-0.4, -0.2) is 38.8 Å². The predicted molar refractivity (Wildman–Crippen MR) is 95.1 cm³/mol. The topological polar surface area (TPSA) is 112 Å². The first-order valence-corrected chi connectivity index (χ1v) is 8.94. The summed E-state index contributed by atoms with van der Waals surface area (Å²) >= 11 is 1.20. The molecule has 2 aromatic rings. The van der Waals surface area contributed by atoms with Crippen molar-refractivity contribution < 1.29 is 19.1 Å². The Morgan fingerprint density at radius 2 is 2.08 bits per heavy atom. The molecule has 0 bridgehead atoms. The quantitative estimate of drug-likeness (QED) is 0.599. The van der Waals surface area contributed by atoms with E-state index in [2.05, 4.69) is 15.4 Å². The van der Waals surface area contributed by atoms with E-state index in [1.165, 1.54) is 21.9 Å². The van der Waals surface area contributed by atoms with Crippen molar-refractivity contribution in [2.45, 2.75) is 52.7 Å². The number of hydrogen-bond donors (Lipinski definition) is 1. The highest BCUT2D eigenvalue weighted by atomic mass is 32.1. The summed E-state index contributed by atoms with van der Waals surface area (Å²) in [5.41, 5.74) is -0.218. The Hall–Kier alpha value is -2.49. The Morgan fingerprint density at radius 1 is 1.35 bits per heavy atom. The molecule has 1 amide bonds. The van der Waals surface area contributed by atoms with Crippen molar-refractivity contribution in [2.24, 2.45) is 0 Å². The van der Waals surface area contributed by atoms with Crippen LogP contribution in [0.4, 0.5) is 4.79 Å². The maximum atomic E-state index is 11.8. The Labute approximate surface area is 154 Å². The summed E-state index contributed by atoms with van der Waals surface area (Å²) in [5, 5.41) is 7.15. The van der Waals surface area contributed by atoms with Gasteiger partial charge in [-0.05, 0) is 34.1 Å². The summed E-state index contributed by atoms with van der Waals surface area (Å²) < 4.78 is 11.4. The predicted octanol–water partition coefficient (Wildman–Crippen LogP) is 1.81. The van der Waals surface area contributed by atoms with Crippen LogP contribution in [0.3, 0.4) is 0 Å². The number of amides is 1. The van der Waals surface area contributed by atoms with Crippen molar-refractivity contribution in [1.29, 1.82) is 0 Å². The minimum atomic E-state index is -0.560. The second-order valence-electron chi connectivity index (χ2n) is 6.62. The van der Waals surface area contributed by atoms with E-state index in [1.54, 1.807) is 27.7 Å². The first-order chi connectivity index (χ1) is 12.1. The van der Waals surface area contributed by atoms with Crippen LogP contribution in [-0.2, 0) is 20.9 Å². The third-order valence-electron chi connectivity index (χ3n) is 3.00. The largest absolute Gasteiger partial charge is 0.458 e. The molecule has 0 aromatic carbocycles. The molecule has 0 unspecified atom stereocenters. The van der Waals surface area contributed by atoms with E-state index in [4.69, 9.17) is 9.47 Å². The van der Waals surface area contributed by atoms with Gasteiger partial charge in [-0.15, -0.1) is 0 Å². The fourth-order valence-electron chi connectivity index (χ4n) is 1.97. The molecule has 2 heterocycles. The number of alkyl carbamates (subject to hydrolysis) is 1. The summed E-state index contributed by atoms with van der Waals surface area (Å²) in [6, 6.07) is 1.39. The van der Waals surface area contributed by atoms with Gasteiger partial charge in [-0.25, -0.2) is 9.78 Å². The third-order valence-corrected chi connectivity index (χ3v) is 3.88. The molecule has 0 aliphatic heterocycles. The molecule has 9 nitrogen and oxygen atoms in total. The molecule has 0 aliphatic rings. The number of carbonyl (C=O) groups excluding carboxylic acids is 2. The first-order valence-electron chi connectivity index (χ1n) is 8.13. The van der Waals surface area contributed by atoms with Crippen molar-refractivity contribution >= 4 is 28.4 Å². The highest BCUT2D eigenvalue weighted by Crippen LogP contribution is 2.12. The van der Waals surface area contributed by atoms with Crippen LogP contribution < -0.4 is 10.9 Å². The zero-order valence-corrected chi connectivity index (χ0v) is 16.0. The molecule has 26 heavy (non-hydrogen) atoms. The number of esters is 1. The number of nitrogens with zero attached hydrogens (tertiary/aromatic N) is 3. The molecule has 10 heteroatoms. The smallest absolute Gasteiger partial charge is 0.407 e. The molecule has 0 saturated carbocycles. The zero-order chi connectivity index (χ0) is 19.3. The van der Waals surface area contributed by atoms with Gasteiger partial charge in [-0.1, -0.05) is 11.3 Å². The maximum absolute atomic E-state index is 11.8. The Kier molecular flexibility index (Phi) is 6.30. The van der Waals surface area contributed by atoms with Crippen molar-refractivity contribution in [1.82, 2.24) is 19.9 Å². The minimum absolute atomic E-state index is 0.0230. The lowest BCUT2D eigenvalue weighted by Crippen LogP contribution is -2.33. The summed E-state index contributed by atoms with van der Waals surface area (Å²) in [6.45, 7) is 7.34. The van der Waals surface area contributed by atoms with E-state index in [1.807, 2.05) is 0 Å². The average Bonchev–Trinajstić information content (AvgIpc) is 2.91. The highest BCUT2D eigenvalue weighted by Gasteiger charge is 2.15. The van der Waals surface area contributed by atoms with E-state index in [0.29, 0.717) is 28.6 Å². The number of carbonyl (C=O) groups is 2. The van der Waals surface area contributed by atoms with E-state index in [-0.39, 0.29) is 18.6 Å². The number of nitrogens with one attached hydrogen (secondary N) is 1. The lowest BCUT2D eigenvalue weighted by Gasteiger charge is -2.19. The molecular formula is C16H22N4O5S. The fourth-order valence-corrected chi connectivity index (χ4v) is 2.83. The summed E-state index contributed by atoms with van der Waals surface area (Å²) in [7, 11) is 0.